The first-order chi connectivity index (χ1) is 13.2. The number of hydrogen-bond donors (Lipinski definition) is 0. The second kappa shape index (κ2) is 7.52. The number of hydrogen-bond acceptors (Lipinski definition) is 5. The fraction of sp³-hybridized carbons (Fsp3) is 0.200. The van der Waals surface area contributed by atoms with E-state index >= 15 is 0 Å². The summed E-state index contributed by atoms with van der Waals surface area (Å²) in [5.74, 6) is 0.482. The van der Waals surface area contributed by atoms with E-state index in [9.17, 15) is 4.79 Å². The molecular formula is C20H17ClN2O4. The van der Waals surface area contributed by atoms with Gasteiger partial charge in [0, 0.05) is 22.3 Å². The number of benzene rings is 2. The van der Waals surface area contributed by atoms with Gasteiger partial charge in [-0.15, -0.1) is 0 Å². The number of carbonyl (C=O) groups excluding carboxylic acids is 1. The van der Waals surface area contributed by atoms with Gasteiger partial charge < -0.3 is 14.2 Å². The van der Waals surface area contributed by atoms with Crippen molar-refractivity contribution in [1.29, 1.82) is 0 Å². The molecule has 6 nitrogen and oxygen atoms in total. The van der Waals surface area contributed by atoms with E-state index in [4.69, 9.17) is 25.8 Å². The second-order valence-electron chi connectivity index (χ2n) is 5.99. The lowest BCUT2D eigenvalue weighted by molar-refractivity contribution is -0.0437. The van der Waals surface area contributed by atoms with Crippen LogP contribution in [0.1, 0.15) is 22.2 Å². The van der Waals surface area contributed by atoms with Gasteiger partial charge in [-0.25, -0.2) is 4.68 Å². The Morgan fingerprint density at radius 3 is 2.41 bits per heavy atom. The van der Waals surface area contributed by atoms with E-state index in [0.717, 1.165) is 11.3 Å². The van der Waals surface area contributed by atoms with Crippen LogP contribution in [0, 0.1) is 0 Å². The van der Waals surface area contributed by atoms with E-state index in [1.54, 1.807) is 37.6 Å². The molecule has 1 aromatic heterocycles. The van der Waals surface area contributed by atoms with Crippen LogP contribution in [0.3, 0.4) is 0 Å². The topological polar surface area (TPSA) is 62.6 Å². The van der Waals surface area contributed by atoms with Gasteiger partial charge in [-0.2, -0.15) is 5.10 Å². The Balaban J connectivity index is 1.74. The minimum absolute atomic E-state index is 0.259. The molecule has 1 aliphatic heterocycles. The van der Waals surface area contributed by atoms with Gasteiger partial charge in [-0.3, -0.25) is 4.79 Å². The lowest BCUT2D eigenvalue weighted by Gasteiger charge is -2.09. The summed E-state index contributed by atoms with van der Waals surface area (Å²) in [4.78, 5) is 12.8. The molecule has 1 aliphatic rings. The van der Waals surface area contributed by atoms with Gasteiger partial charge in [0.25, 0.3) is 5.91 Å². The molecule has 0 unspecified atom stereocenters. The van der Waals surface area contributed by atoms with E-state index in [2.05, 4.69) is 5.10 Å². The van der Waals surface area contributed by atoms with Gasteiger partial charge >= 0.3 is 0 Å². The zero-order chi connectivity index (χ0) is 18.8. The van der Waals surface area contributed by atoms with Crippen molar-refractivity contribution in [3.63, 3.8) is 0 Å². The standard InChI is InChI=1S/C20H17ClN2O4/c1-25-16-8-4-13(5-9-16)18-17(20-26-10-11-27-20)12-23(22-18)19(24)14-2-6-15(21)7-3-14/h2-9,12,20H,10-11H2,1H3. The van der Waals surface area contributed by atoms with Crippen molar-refractivity contribution in [1.82, 2.24) is 9.78 Å². The quantitative estimate of drug-likeness (QED) is 0.681. The SMILES string of the molecule is COc1ccc(-c2nn(C(=O)c3ccc(Cl)cc3)cc2C2OCCO2)cc1. The Bertz CT molecular complexity index is 945. The average Bonchev–Trinajstić information content (AvgIpc) is 3.38. The van der Waals surface area contributed by atoms with E-state index < -0.39 is 6.29 Å². The number of nitrogens with zero attached hydrogens (tertiary/aromatic N) is 2. The molecule has 0 bridgehead atoms. The van der Waals surface area contributed by atoms with Crippen LogP contribution in [-0.4, -0.2) is 36.0 Å². The summed E-state index contributed by atoms with van der Waals surface area (Å²) >= 11 is 5.91. The molecule has 0 saturated carbocycles. The van der Waals surface area contributed by atoms with Gasteiger partial charge in [0.1, 0.15) is 11.4 Å². The summed E-state index contributed by atoms with van der Waals surface area (Å²) in [7, 11) is 1.61. The maximum absolute atomic E-state index is 12.8. The minimum atomic E-state index is -0.547. The van der Waals surface area contributed by atoms with Crippen LogP contribution in [0.15, 0.2) is 54.7 Å². The van der Waals surface area contributed by atoms with Crippen molar-refractivity contribution in [3.05, 3.63) is 70.9 Å². The third kappa shape index (κ3) is 3.60. The summed E-state index contributed by atoms with van der Waals surface area (Å²) in [5.41, 5.74) is 2.67. The summed E-state index contributed by atoms with van der Waals surface area (Å²) in [6.07, 6.45) is 1.11. The first kappa shape index (κ1) is 17.7. The fourth-order valence-electron chi connectivity index (χ4n) is 2.90. The molecule has 2 heterocycles. The Morgan fingerprint density at radius 2 is 1.78 bits per heavy atom. The van der Waals surface area contributed by atoms with Crippen LogP contribution >= 0.6 is 11.6 Å². The minimum Gasteiger partial charge on any atom is -0.497 e. The van der Waals surface area contributed by atoms with Crippen LogP contribution in [0.2, 0.25) is 5.02 Å². The molecule has 0 aliphatic carbocycles. The lowest BCUT2D eigenvalue weighted by Crippen LogP contribution is -2.12. The largest absolute Gasteiger partial charge is 0.497 e. The number of carbonyl (C=O) groups is 1. The highest BCUT2D eigenvalue weighted by atomic mass is 35.5. The van der Waals surface area contributed by atoms with E-state index in [0.29, 0.717) is 35.1 Å². The smallest absolute Gasteiger partial charge is 0.278 e. The molecule has 0 spiro atoms. The molecule has 1 fully saturated rings. The summed E-state index contributed by atoms with van der Waals surface area (Å²) in [6, 6.07) is 14.1. The molecule has 0 atom stereocenters. The number of halogens is 1. The van der Waals surface area contributed by atoms with Crippen molar-refractivity contribution in [2.24, 2.45) is 0 Å². The molecule has 0 amide bonds. The second-order valence-corrected chi connectivity index (χ2v) is 6.43. The van der Waals surface area contributed by atoms with Gasteiger partial charge in [0.05, 0.1) is 25.9 Å². The molecule has 0 radical (unpaired) electrons. The molecule has 2 aromatic carbocycles. The van der Waals surface area contributed by atoms with Crippen LogP contribution in [0.25, 0.3) is 11.3 Å². The van der Waals surface area contributed by atoms with Crippen molar-refractivity contribution < 1.29 is 19.0 Å². The monoisotopic (exact) mass is 384 g/mol. The molecular weight excluding hydrogens is 368 g/mol. The lowest BCUT2D eigenvalue weighted by atomic mass is 10.1. The first-order valence-electron chi connectivity index (χ1n) is 8.43. The maximum Gasteiger partial charge on any atom is 0.278 e. The Hall–Kier alpha value is -2.67. The predicted octanol–water partition coefficient (Wildman–Crippen LogP) is 3.95. The maximum atomic E-state index is 12.8. The Morgan fingerprint density at radius 1 is 1.11 bits per heavy atom. The summed E-state index contributed by atoms with van der Waals surface area (Å²) in [6.45, 7) is 1.01. The third-order valence-corrected chi connectivity index (χ3v) is 4.53. The van der Waals surface area contributed by atoms with Crippen LogP contribution in [0.5, 0.6) is 5.75 Å². The first-order valence-corrected chi connectivity index (χ1v) is 8.81. The number of ether oxygens (including phenoxy) is 3. The third-order valence-electron chi connectivity index (χ3n) is 4.28. The van der Waals surface area contributed by atoms with E-state index in [1.165, 1.54) is 4.68 Å². The van der Waals surface area contributed by atoms with Crippen LogP contribution < -0.4 is 4.74 Å². The van der Waals surface area contributed by atoms with Crippen molar-refractivity contribution in [2.75, 3.05) is 20.3 Å². The van der Waals surface area contributed by atoms with Crippen molar-refractivity contribution >= 4 is 17.5 Å². The van der Waals surface area contributed by atoms with E-state index in [-0.39, 0.29) is 5.91 Å². The predicted molar refractivity (Wildman–Crippen MR) is 100 cm³/mol. The number of rotatable bonds is 4. The van der Waals surface area contributed by atoms with Gasteiger partial charge in [0.15, 0.2) is 6.29 Å². The summed E-state index contributed by atoms with van der Waals surface area (Å²) < 4.78 is 17.8. The molecule has 7 heteroatoms. The van der Waals surface area contributed by atoms with Gasteiger partial charge in [-0.05, 0) is 48.5 Å². The van der Waals surface area contributed by atoms with Crippen LogP contribution in [-0.2, 0) is 9.47 Å². The van der Waals surface area contributed by atoms with Crippen LogP contribution in [0.4, 0.5) is 0 Å². The Kier molecular flexibility index (Phi) is 4.94. The highest BCUT2D eigenvalue weighted by Gasteiger charge is 2.26. The average molecular weight is 385 g/mol. The van der Waals surface area contributed by atoms with Gasteiger partial charge in [-0.1, -0.05) is 11.6 Å². The number of methoxy groups -OCH3 is 1. The normalized spacial score (nSPS) is 14.4. The fourth-order valence-corrected chi connectivity index (χ4v) is 3.03. The highest BCUT2D eigenvalue weighted by molar-refractivity contribution is 6.30. The molecule has 3 aromatic rings. The molecule has 4 rings (SSSR count). The highest BCUT2D eigenvalue weighted by Crippen LogP contribution is 2.33. The zero-order valence-electron chi connectivity index (χ0n) is 14.6. The number of aromatic nitrogens is 2. The molecule has 138 valence electrons. The van der Waals surface area contributed by atoms with E-state index in [1.807, 2.05) is 24.3 Å². The Labute approximate surface area is 161 Å². The molecule has 1 saturated heterocycles. The molecule has 27 heavy (non-hydrogen) atoms. The van der Waals surface area contributed by atoms with Crippen molar-refractivity contribution in [2.45, 2.75) is 6.29 Å². The molecule has 0 N–H and O–H groups in total. The van der Waals surface area contributed by atoms with Crippen molar-refractivity contribution in [3.8, 4) is 17.0 Å². The van der Waals surface area contributed by atoms with Gasteiger partial charge in [0.2, 0.25) is 0 Å². The zero-order valence-corrected chi connectivity index (χ0v) is 15.3. The summed E-state index contributed by atoms with van der Waals surface area (Å²) in [5, 5.41) is 5.08.